The number of carbonyl (C=O) groups is 1. The number of ether oxygens (including phenoxy) is 1. The quantitative estimate of drug-likeness (QED) is 0.572. The van der Waals surface area contributed by atoms with Crippen LogP contribution in [0.1, 0.15) is 31.9 Å². The summed E-state index contributed by atoms with van der Waals surface area (Å²) in [5.74, 6) is -0.667. The van der Waals surface area contributed by atoms with Crippen LogP contribution in [0.5, 0.6) is 0 Å². The van der Waals surface area contributed by atoms with Crippen LogP contribution in [-0.4, -0.2) is 29.8 Å². The van der Waals surface area contributed by atoms with E-state index in [4.69, 9.17) is 4.74 Å². The summed E-state index contributed by atoms with van der Waals surface area (Å²) in [6.07, 6.45) is 0.874. The van der Waals surface area contributed by atoms with Gasteiger partial charge in [-0.25, -0.2) is 4.39 Å². The van der Waals surface area contributed by atoms with E-state index in [9.17, 15) is 14.3 Å². The zero-order chi connectivity index (χ0) is 15.8. The van der Waals surface area contributed by atoms with Crippen molar-refractivity contribution in [1.29, 1.82) is 0 Å². The van der Waals surface area contributed by atoms with E-state index >= 15 is 0 Å². The number of nitrogens with one attached hydrogen (secondary N) is 1. The van der Waals surface area contributed by atoms with Gasteiger partial charge in [0.05, 0.1) is 18.8 Å². The molecule has 0 aliphatic rings. The fourth-order valence-electron chi connectivity index (χ4n) is 1.77. The summed E-state index contributed by atoms with van der Waals surface area (Å²) in [6.45, 7) is 7.33. The van der Waals surface area contributed by atoms with Crippen LogP contribution in [-0.2, 0) is 9.53 Å². The molecule has 3 atom stereocenters. The van der Waals surface area contributed by atoms with Gasteiger partial charge in [0.25, 0.3) is 0 Å². The second kappa shape index (κ2) is 8.54. The Morgan fingerprint density at radius 3 is 2.62 bits per heavy atom. The highest BCUT2D eigenvalue weighted by Crippen LogP contribution is 2.17. The Morgan fingerprint density at radius 1 is 1.43 bits per heavy atom. The number of rotatable bonds is 8. The first-order chi connectivity index (χ1) is 9.95. The average Bonchev–Trinajstić information content (AvgIpc) is 2.47. The number of carbonyl (C=O) groups excluding carboxylic acids is 1. The number of halogens is 1. The largest absolute Gasteiger partial charge is 0.386 e. The SMILES string of the molecule is C=CCCOC(C)C(=O)NC(C)C(O)c1ccc(F)cc1. The van der Waals surface area contributed by atoms with Gasteiger partial charge >= 0.3 is 0 Å². The molecule has 0 saturated carbocycles. The summed E-state index contributed by atoms with van der Waals surface area (Å²) in [7, 11) is 0. The third kappa shape index (κ3) is 5.65. The lowest BCUT2D eigenvalue weighted by atomic mass is 10.0. The number of amides is 1. The molecule has 0 radical (unpaired) electrons. The van der Waals surface area contributed by atoms with Gasteiger partial charge in [-0.15, -0.1) is 6.58 Å². The van der Waals surface area contributed by atoms with E-state index in [-0.39, 0.29) is 11.7 Å². The van der Waals surface area contributed by atoms with Crippen LogP contribution < -0.4 is 5.32 Å². The first-order valence-electron chi connectivity index (χ1n) is 6.92. The Morgan fingerprint density at radius 2 is 2.05 bits per heavy atom. The third-order valence-corrected chi connectivity index (χ3v) is 3.11. The molecule has 2 N–H and O–H groups in total. The molecule has 0 saturated heterocycles. The highest BCUT2D eigenvalue weighted by atomic mass is 19.1. The van der Waals surface area contributed by atoms with Crippen molar-refractivity contribution in [2.24, 2.45) is 0 Å². The smallest absolute Gasteiger partial charge is 0.249 e. The Balaban J connectivity index is 2.51. The maximum Gasteiger partial charge on any atom is 0.249 e. The van der Waals surface area contributed by atoms with Crippen LogP contribution in [0.4, 0.5) is 4.39 Å². The molecule has 1 rings (SSSR count). The highest BCUT2D eigenvalue weighted by molar-refractivity contribution is 5.80. The molecule has 1 amide bonds. The molecule has 0 aliphatic heterocycles. The molecule has 0 spiro atoms. The fourth-order valence-corrected chi connectivity index (χ4v) is 1.77. The second-order valence-electron chi connectivity index (χ2n) is 4.88. The standard InChI is InChI=1S/C16H22FNO3/c1-4-5-10-21-12(3)16(20)18-11(2)15(19)13-6-8-14(17)9-7-13/h4,6-9,11-12,15,19H,1,5,10H2,2-3H3,(H,18,20). The predicted octanol–water partition coefficient (Wildman–Crippen LogP) is 2.35. The maximum absolute atomic E-state index is 12.8. The minimum absolute atomic E-state index is 0.298. The summed E-state index contributed by atoms with van der Waals surface area (Å²) in [4.78, 5) is 11.9. The summed E-state index contributed by atoms with van der Waals surface area (Å²) in [5, 5.41) is 12.8. The van der Waals surface area contributed by atoms with Crippen LogP contribution in [0.2, 0.25) is 0 Å². The minimum atomic E-state index is -0.907. The second-order valence-corrected chi connectivity index (χ2v) is 4.88. The lowest BCUT2D eigenvalue weighted by molar-refractivity contribution is -0.133. The van der Waals surface area contributed by atoms with Gasteiger partial charge in [-0.05, 0) is 38.0 Å². The molecule has 116 valence electrons. The van der Waals surface area contributed by atoms with Crippen molar-refractivity contribution in [1.82, 2.24) is 5.32 Å². The van der Waals surface area contributed by atoms with E-state index < -0.39 is 18.2 Å². The van der Waals surface area contributed by atoms with Gasteiger partial charge < -0.3 is 15.2 Å². The molecule has 4 nitrogen and oxygen atoms in total. The molecule has 0 aromatic heterocycles. The highest BCUT2D eigenvalue weighted by Gasteiger charge is 2.21. The van der Waals surface area contributed by atoms with Gasteiger partial charge in [0.1, 0.15) is 11.9 Å². The van der Waals surface area contributed by atoms with Crippen LogP contribution in [0.3, 0.4) is 0 Å². The molecular weight excluding hydrogens is 273 g/mol. The summed E-state index contributed by atoms with van der Waals surface area (Å²) in [5.41, 5.74) is 0.546. The molecule has 1 aromatic carbocycles. The van der Waals surface area contributed by atoms with Crippen molar-refractivity contribution in [3.05, 3.63) is 48.3 Å². The van der Waals surface area contributed by atoms with Gasteiger partial charge in [-0.2, -0.15) is 0 Å². The van der Waals surface area contributed by atoms with Gasteiger partial charge in [0.2, 0.25) is 5.91 Å². The van der Waals surface area contributed by atoms with Crippen LogP contribution >= 0.6 is 0 Å². The Kier molecular flexibility index (Phi) is 7.05. The number of benzene rings is 1. The van der Waals surface area contributed by atoms with E-state index in [1.807, 2.05) is 0 Å². The van der Waals surface area contributed by atoms with Gasteiger partial charge in [-0.3, -0.25) is 4.79 Å². The third-order valence-electron chi connectivity index (χ3n) is 3.11. The van der Waals surface area contributed by atoms with E-state index in [2.05, 4.69) is 11.9 Å². The lowest BCUT2D eigenvalue weighted by Crippen LogP contribution is -2.42. The topological polar surface area (TPSA) is 58.6 Å². The average molecular weight is 295 g/mol. The maximum atomic E-state index is 12.8. The Labute approximate surface area is 124 Å². The molecule has 21 heavy (non-hydrogen) atoms. The molecule has 0 fully saturated rings. The van der Waals surface area contributed by atoms with Crippen molar-refractivity contribution in [3.63, 3.8) is 0 Å². The first-order valence-corrected chi connectivity index (χ1v) is 6.92. The van der Waals surface area contributed by atoms with Gasteiger partial charge in [0, 0.05) is 0 Å². The van der Waals surface area contributed by atoms with Crippen molar-refractivity contribution in [2.75, 3.05) is 6.61 Å². The van der Waals surface area contributed by atoms with Crippen molar-refractivity contribution in [3.8, 4) is 0 Å². The summed E-state index contributed by atoms with van der Waals surface area (Å²) in [6, 6.07) is 5.02. The molecule has 5 heteroatoms. The van der Waals surface area contributed by atoms with Crippen molar-refractivity contribution < 1.29 is 19.0 Å². The van der Waals surface area contributed by atoms with Crippen molar-refractivity contribution in [2.45, 2.75) is 38.5 Å². The van der Waals surface area contributed by atoms with Crippen LogP contribution in [0.25, 0.3) is 0 Å². The molecule has 1 aromatic rings. The lowest BCUT2D eigenvalue weighted by Gasteiger charge is -2.22. The zero-order valence-electron chi connectivity index (χ0n) is 12.4. The van der Waals surface area contributed by atoms with Crippen LogP contribution in [0, 0.1) is 5.82 Å². The van der Waals surface area contributed by atoms with Gasteiger partial charge in [0.15, 0.2) is 0 Å². The molecule has 3 unspecified atom stereocenters. The van der Waals surface area contributed by atoms with E-state index in [0.29, 0.717) is 18.6 Å². The number of hydrogen-bond donors (Lipinski definition) is 2. The monoisotopic (exact) mass is 295 g/mol. The Hall–Kier alpha value is -1.72. The fraction of sp³-hybridized carbons (Fsp3) is 0.438. The molecule has 0 heterocycles. The molecule has 0 bridgehead atoms. The van der Waals surface area contributed by atoms with E-state index in [0.717, 1.165) is 0 Å². The Bertz CT molecular complexity index is 461. The first kappa shape index (κ1) is 17.3. The summed E-state index contributed by atoms with van der Waals surface area (Å²) >= 11 is 0. The summed E-state index contributed by atoms with van der Waals surface area (Å²) < 4.78 is 18.2. The molecule has 0 aliphatic carbocycles. The normalized spacial score (nSPS) is 15.0. The number of aliphatic hydroxyl groups is 1. The van der Waals surface area contributed by atoms with E-state index in [1.54, 1.807) is 19.9 Å². The van der Waals surface area contributed by atoms with Crippen LogP contribution in [0.15, 0.2) is 36.9 Å². The van der Waals surface area contributed by atoms with E-state index in [1.165, 1.54) is 24.3 Å². The minimum Gasteiger partial charge on any atom is -0.386 e. The predicted molar refractivity (Wildman–Crippen MR) is 79.2 cm³/mol. The zero-order valence-corrected chi connectivity index (χ0v) is 12.4. The number of hydrogen-bond acceptors (Lipinski definition) is 3. The van der Waals surface area contributed by atoms with Crippen molar-refractivity contribution >= 4 is 5.91 Å². The van der Waals surface area contributed by atoms with Gasteiger partial charge in [-0.1, -0.05) is 18.2 Å². The molecular formula is C16H22FNO3. The number of aliphatic hydroxyl groups excluding tert-OH is 1.